The van der Waals surface area contributed by atoms with Crippen LogP contribution in [0.5, 0.6) is 0 Å². The average molecular weight is 195 g/mol. The second kappa shape index (κ2) is 3.42. The third-order valence-electron chi connectivity index (χ3n) is 2.57. The van der Waals surface area contributed by atoms with Crippen LogP contribution in [0.1, 0.15) is 30.4 Å². The lowest BCUT2D eigenvalue weighted by molar-refractivity contribution is -0.141. The van der Waals surface area contributed by atoms with E-state index in [0.29, 0.717) is 13.0 Å². The normalized spacial score (nSPS) is 20.5. The zero-order valence-corrected chi connectivity index (χ0v) is 7.81. The summed E-state index contributed by atoms with van der Waals surface area (Å²) in [4.78, 5) is 15.2. The van der Waals surface area contributed by atoms with E-state index in [4.69, 9.17) is 10.8 Å². The van der Waals surface area contributed by atoms with Crippen molar-refractivity contribution in [3.63, 3.8) is 0 Å². The molecule has 76 valence electrons. The fourth-order valence-corrected chi connectivity index (χ4v) is 1.88. The Balaban J connectivity index is 2.38. The number of carboxylic acids is 1. The molecule has 1 aliphatic heterocycles. The SMILES string of the molecule is NCc1cn2c(n1)CCCC2C(=O)O. The molecule has 2 rings (SSSR count). The predicted molar refractivity (Wildman–Crippen MR) is 49.7 cm³/mol. The summed E-state index contributed by atoms with van der Waals surface area (Å²) < 4.78 is 1.74. The van der Waals surface area contributed by atoms with Crippen molar-refractivity contribution in [1.29, 1.82) is 0 Å². The van der Waals surface area contributed by atoms with E-state index >= 15 is 0 Å². The first kappa shape index (κ1) is 9.21. The van der Waals surface area contributed by atoms with E-state index < -0.39 is 12.0 Å². The van der Waals surface area contributed by atoms with Crippen LogP contribution in [0.2, 0.25) is 0 Å². The van der Waals surface area contributed by atoms with Gasteiger partial charge in [-0.05, 0) is 12.8 Å². The minimum Gasteiger partial charge on any atom is -0.480 e. The number of hydrogen-bond acceptors (Lipinski definition) is 3. The van der Waals surface area contributed by atoms with Crippen LogP contribution < -0.4 is 5.73 Å². The van der Waals surface area contributed by atoms with Crippen molar-refractivity contribution in [2.45, 2.75) is 31.8 Å². The molecular formula is C9H13N3O2. The first-order valence-corrected chi connectivity index (χ1v) is 4.72. The van der Waals surface area contributed by atoms with Crippen molar-refractivity contribution < 1.29 is 9.90 Å². The number of carbonyl (C=O) groups is 1. The zero-order chi connectivity index (χ0) is 10.1. The van der Waals surface area contributed by atoms with E-state index in [-0.39, 0.29) is 0 Å². The summed E-state index contributed by atoms with van der Waals surface area (Å²) in [7, 11) is 0. The highest BCUT2D eigenvalue weighted by molar-refractivity contribution is 5.72. The van der Waals surface area contributed by atoms with Crippen LogP contribution in [-0.4, -0.2) is 20.6 Å². The summed E-state index contributed by atoms with van der Waals surface area (Å²) in [5.74, 6) is 0.0658. The van der Waals surface area contributed by atoms with Gasteiger partial charge in [0.2, 0.25) is 0 Å². The summed E-state index contributed by atoms with van der Waals surface area (Å²) in [6.07, 6.45) is 4.18. The molecule has 0 bridgehead atoms. The summed E-state index contributed by atoms with van der Waals surface area (Å²) in [6, 6.07) is -0.452. The smallest absolute Gasteiger partial charge is 0.326 e. The van der Waals surface area contributed by atoms with Crippen molar-refractivity contribution in [3.8, 4) is 0 Å². The van der Waals surface area contributed by atoms with Crippen LogP contribution in [0.15, 0.2) is 6.20 Å². The molecule has 1 aliphatic rings. The number of imidazole rings is 1. The Kier molecular flexibility index (Phi) is 2.25. The van der Waals surface area contributed by atoms with Gasteiger partial charge in [-0.3, -0.25) is 0 Å². The quantitative estimate of drug-likeness (QED) is 0.711. The number of aliphatic carboxylic acids is 1. The maximum Gasteiger partial charge on any atom is 0.326 e. The number of aryl methyl sites for hydroxylation is 1. The maximum absolute atomic E-state index is 10.9. The molecule has 0 saturated heterocycles. The van der Waals surface area contributed by atoms with Gasteiger partial charge in [-0.25, -0.2) is 9.78 Å². The van der Waals surface area contributed by atoms with Gasteiger partial charge < -0.3 is 15.4 Å². The summed E-state index contributed by atoms with van der Waals surface area (Å²) in [6.45, 7) is 0.367. The summed E-state index contributed by atoms with van der Waals surface area (Å²) in [5, 5.41) is 8.99. The molecule has 0 amide bonds. The molecule has 0 aromatic carbocycles. The van der Waals surface area contributed by atoms with Gasteiger partial charge in [0.05, 0.1) is 5.69 Å². The Bertz CT molecular complexity index is 359. The summed E-state index contributed by atoms with van der Waals surface area (Å²) >= 11 is 0. The Labute approximate surface area is 81.5 Å². The molecule has 2 heterocycles. The highest BCUT2D eigenvalue weighted by Crippen LogP contribution is 2.24. The van der Waals surface area contributed by atoms with E-state index in [1.165, 1.54) is 0 Å². The molecule has 14 heavy (non-hydrogen) atoms. The summed E-state index contributed by atoms with van der Waals surface area (Å²) in [5.41, 5.74) is 6.23. The number of hydrogen-bond donors (Lipinski definition) is 2. The Morgan fingerprint density at radius 2 is 2.57 bits per heavy atom. The fraction of sp³-hybridized carbons (Fsp3) is 0.556. The van der Waals surface area contributed by atoms with Crippen LogP contribution in [0, 0.1) is 0 Å². The van der Waals surface area contributed by atoms with Gasteiger partial charge in [-0.1, -0.05) is 0 Å². The van der Waals surface area contributed by atoms with Gasteiger partial charge in [-0.2, -0.15) is 0 Å². The number of carboxylic acid groups (broad SMARTS) is 1. The first-order valence-electron chi connectivity index (χ1n) is 4.72. The highest BCUT2D eigenvalue weighted by Gasteiger charge is 2.26. The van der Waals surface area contributed by atoms with E-state index in [2.05, 4.69) is 4.98 Å². The molecule has 0 aliphatic carbocycles. The molecular weight excluding hydrogens is 182 g/mol. The minimum atomic E-state index is -0.785. The third kappa shape index (κ3) is 1.39. The lowest BCUT2D eigenvalue weighted by Crippen LogP contribution is -2.24. The van der Waals surface area contributed by atoms with E-state index in [1.54, 1.807) is 10.8 Å². The number of aromatic nitrogens is 2. The lowest BCUT2D eigenvalue weighted by atomic mass is 10.1. The van der Waals surface area contributed by atoms with Crippen molar-refractivity contribution in [3.05, 3.63) is 17.7 Å². The predicted octanol–water partition coefficient (Wildman–Crippen LogP) is 0.304. The van der Waals surface area contributed by atoms with Gasteiger partial charge in [0.15, 0.2) is 0 Å². The number of nitrogens with two attached hydrogens (primary N) is 1. The first-order chi connectivity index (χ1) is 6.72. The molecule has 3 N–H and O–H groups in total. The Hall–Kier alpha value is -1.36. The second-order valence-electron chi connectivity index (χ2n) is 3.51. The molecule has 5 heteroatoms. The van der Waals surface area contributed by atoms with Crippen LogP contribution in [0.25, 0.3) is 0 Å². The molecule has 1 unspecified atom stereocenters. The number of fused-ring (bicyclic) bond motifs is 1. The molecule has 0 spiro atoms. The average Bonchev–Trinajstić information content (AvgIpc) is 2.59. The van der Waals surface area contributed by atoms with E-state index in [1.807, 2.05) is 0 Å². The van der Waals surface area contributed by atoms with Crippen molar-refractivity contribution in [2.24, 2.45) is 5.73 Å². The van der Waals surface area contributed by atoms with Gasteiger partial charge in [0.25, 0.3) is 0 Å². The topological polar surface area (TPSA) is 81.1 Å². The highest BCUT2D eigenvalue weighted by atomic mass is 16.4. The minimum absolute atomic E-state index is 0.367. The van der Waals surface area contributed by atoms with Crippen LogP contribution in [0.3, 0.4) is 0 Å². The molecule has 1 aromatic rings. The standard InChI is InChI=1S/C9H13N3O2/c10-4-6-5-12-7(9(13)14)2-1-3-8(12)11-6/h5,7H,1-4,10H2,(H,13,14). The maximum atomic E-state index is 10.9. The Morgan fingerprint density at radius 3 is 3.21 bits per heavy atom. The van der Waals surface area contributed by atoms with Crippen molar-refractivity contribution in [2.75, 3.05) is 0 Å². The van der Waals surface area contributed by atoms with E-state index in [9.17, 15) is 4.79 Å². The van der Waals surface area contributed by atoms with Crippen molar-refractivity contribution >= 4 is 5.97 Å². The zero-order valence-electron chi connectivity index (χ0n) is 7.81. The second-order valence-corrected chi connectivity index (χ2v) is 3.51. The number of rotatable bonds is 2. The molecule has 5 nitrogen and oxygen atoms in total. The molecule has 0 saturated carbocycles. The van der Waals surface area contributed by atoms with Gasteiger partial charge >= 0.3 is 5.97 Å². The molecule has 0 fully saturated rings. The molecule has 0 radical (unpaired) electrons. The molecule has 1 aromatic heterocycles. The van der Waals surface area contributed by atoms with Gasteiger partial charge in [0.1, 0.15) is 11.9 Å². The lowest BCUT2D eigenvalue weighted by Gasteiger charge is -2.20. The van der Waals surface area contributed by atoms with Crippen LogP contribution >= 0.6 is 0 Å². The van der Waals surface area contributed by atoms with Gasteiger partial charge in [-0.15, -0.1) is 0 Å². The largest absolute Gasteiger partial charge is 0.480 e. The van der Waals surface area contributed by atoms with Crippen LogP contribution in [-0.2, 0) is 17.8 Å². The fourth-order valence-electron chi connectivity index (χ4n) is 1.88. The van der Waals surface area contributed by atoms with Gasteiger partial charge in [0, 0.05) is 19.2 Å². The monoisotopic (exact) mass is 195 g/mol. The van der Waals surface area contributed by atoms with Crippen molar-refractivity contribution in [1.82, 2.24) is 9.55 Å². The third-order valence-corrected chi connectivity index (χ3v) is 2.57. The molecule has 1 atom stereocenters. The number of nitrogens with zero attached hydrogens (tertiary/aromatic N) is 2. The van der Waals surface area contributed by atoms with Crippen LogP contribution in [0.4, 0.5) is 0 Å². The van der Waals surface area contributed by atoms with E-state index in [0.717, 1.165) is 24.4 Å². The Morgan fingerprint density at radius 1 is 1.79 bits per heavy atom.